The fourth-order valence-electron chi connectivity index (χ4n) is 1.33. The average Bonchev–Trinajstić information content (AvgIpc) is 2.31. The Hall–Kier alpha value is -1.96. The Bertz CT molecular complexity index is 454. The molecule has 90 valence electrons. The predicted octanol–water partition coefficient (Wildman–Crippen LogP) is 1.88. The molecule has 0 radical (unpaired) electrons. The van der Waals surface area contributed by atoms with Crippen LogP contribution in [0.1, 0.15) is 12.0 Å². The highest BCUT2D eigenvalue weighted by atomic mass is 19.2. The standard InChI is InChI=1S/C12H12F2N2O/c1-16(7-3-6-15)11(17)8-9-4-2-5-10(13)12(9)14/h2,4-5H,3,7-8H2,1H3. The number of hydrogen-bond acceptors (Lipinski definition) is 2. The number of amides is 1. The number of likely N-dealkylation sites (N-methyl/N-ethyl adjacent to an activating group) is 1. The molecule has 0 atom stereocenters. The van der Waals surface area contributed by atoms with E-state index in [1.807, 2.05) is 6.07 Å². The van der Waals surface area contributed by atoms with Gasteiger partial charge in [0, 0.05) is 19.2 Å². The van der Waals surface area contributed by atoms with Gasteiger partial charge in [-0.05, 0) is 6.07 Å². The van der Waals surface area contributed by atoms with Gasteiger partial charge in [0.05, 0.1) is 18.9 Å². The van der Waals surface area contributed by atoms with Crippen molar-refractivity contribution in [3.05, 3.63) is 35.4 Å². The first kappa shape index (κ1) is 13.1. The van der Waals surface area contributed by atoms with Gasteiger partial charge in [0.1, 0.15) is 0 Å². The fourth-order valence-corrected chi connectivity index (χ4v) is 1.33. The molecule has 0 fully saturated rings. The monoisotopic (exact) mass is 238 g/mol. The molecular formula is C12H12F2N2O. The Labute approximate surface area is 98.3 Å². The van der Waals surface area contributed by atoms with Crippen LogP contribution in [0.5, 0.6) is 0 Å². The molecule has 1 aromatic carbocycles. The van der Waals surface area contributed by atoms with Crippen molar-refractivity contribution in [3.8, 4) is 6.07 Å². The molecule has 0 saturated carbocycles. The van der Waals surface area contributed by atoms with Gasteiger partial charge in [-0.15, -0.1) is 0 Å². The maximum Gasteiger partial charge on any atom is 0.226 e. The molecule has 1 amide bonds. The maximum atomic E-state index is 13.3. The van der Waals surface area contributed by atoms with Crippen LogP contribution in [0.2, 0.25) is 0 Å². The summed E-state index contributed by atoms with van der Waals surface area (Å²) >= 11 is 0. The molecule has 0 spiro atoms. The lowest BCUT2D eigenvalue weighted by Crippen LogP contribution is -2.29. The highest BCUT2D eigenvalue weighted by Gasteiger charge is 2.14. The molecule has 0 aromatic heterocycles. The van der Waals surface area contributed by atoms with E-state index in [0.717, 1.165) is 6.07 Å². The normalized spacial score (nSPS) is 9.76. The SMILES string of the molecule is CN(CCC#N)C(=O)Cc1cccc(F)c1F. The first-order valence-corrected chi connectivity index (χ1v) is 5.10. The lowest BCUT2D eigenvalue weighted by Gasteiger charge is -2.15. The summed E-state index contributed by atoms with van der Waals surface area (Å²) in [5.74, 6) is -2.30. The van der Waals surface area contributed by atoms with Crippen molar-refractivity contribution in [2.45, 2.75) is 12.8 Å². The molecule has 0 aliphatic carbocycles. The molecule has 0 aliphatic heterocycles. The first-order chi connectivity index (χ1) is 8.06. The number of rotatable bonds is 4. The van der Waals surface area contributed by atoms with E-state index < -0.39 is 11.6 Å². The summed E-state index contributed by atoms with van der Waals surface area (Å²) in [6.45, 7) is 0.284. The van der Waals surface area contributed by atoms with Crippen molar-refractivity contribution in [2.75, 3.05) is 13.6 Å². The van der Waals surface area contributed by atoms with Crippen LogP contribution in [0, 0.1) is 23.0 Å². The van der Waals surface area contributed by atoms with E-state index in [-0.39, 0.29) is 30.9 Å². The van der Waals surface area contributed by atoms with Crippen LogP contribution in [0.25, 0.3) is 0 Å². The van der Waals surface area contributed by atoms with Crippen molar-refractivity contribution in [1.82, 2.24) is 4.90 Å². The van der Waals surface area contributed by atoms with Crippen LogP contribution >= 0.6 is 0 Å². The van der Waals surface area contributed by atoms with E-state index in [2.05, 4.69) is 0 Å². The summed E-state index contributed by atoms with van der Waals surface area (Å²) in [5, 5.41) is 8.37. The Morgan fingerprint density at radius 3 is 2.82 bits per heavy atom. The van der Waals surface area contributed by atoms with Crippen molar-refractivity contribution >= 4 is 5.91 Å². The third-order valence-corrected chi connectivity index (χ3v) is 2.36. The number of halogens is 2. The molecular weight excluding hydrogens is 226 g/mol. The second-order valence-corrected chi connectivity index (χ2v) is 3.61. The molecule has 0 unspecified atom stereocenters. The zero-order valence-corrected chi connectivity index (χ0v) is 9.41. The zero-order chi connectivity index (χ0) is 12.8. The molecule has 0 heterocycles. The Morgan fingerprint density at radius 2 is 2.18 bits per heavy atom. The van der Waals surface area contributed by atoms with Crippen LogP contribution in [0.4, 0.5) is 8.78 Å². The summed E-state index contributed by atoms with van der Waals surface area (Å²) in [4.78, 5) is 12.9. The Morgan fingerprint density at radius 1 is 1.47 bits per heavy atom. The fraction of sp³-hybridized carbons (Fsp3) is 0.333. The summed E-state index contributed by atoms with van der Waals surface area (Å²) in [6, 6.07) is 5.64. The molecule has 3 nitrogen and oxygen atoms in total. The van der Waals surface area contributed by atoms with Crippen LogP contribution in [0.15, 0.2) is 18.2 Å². The lowest BCUT2D eigenvalue weighted by molar-refractivity contribution is -0.129. The largest absolute Gasteiger partial charge is 0.344 e. The molecule has 1 rings (SSSR count). The Kier molecular flexibility index (Phi) is 4.58. The quantitative estimate of drug-likeness (QED) is 0.803. The highest BCUT2D eigenvalue weighted by molar-refractivity contribution is 5.78. The van der Waals surface area contributed by atoms with Gasteiger partial charge in [0.25, 0.3) is 0 Å². The molecule has 1 aromatic rings. The van der Waals surface area contributed by atoms with Gasteiger partial charge in [-0.2, -0.15) is 5.26 Å². The summed E-state index contributed by atoms with van der Waals surface area (Å²) in [6.07, 6.45) is 0.0133. The van der Waals surface area contributed by atoms with Gasteiger partial charge in [-0.3, -0.25) is 4.79 Å². The van der Waals surface area contributed by atoms with Gasteiger partial charge in [-0.1, -0.05) is 12.1 Å². The molecule has 17 heavy (non-hydrogen) atoms. The van der Waals surface area contributed by atoms with Gasteiger partial charge >= 0.3 is 0 Å². The van der Waals surface area contributed by atoms with E-state index in [1.54, 1.807) is 0 Å². The van der Waals surface area contributed by atoms with Crippen LogP contribution < -0.4 is 0 Å². The van der Waals surface area contributed by atoms with Crippen molar-refractivity contribution in [2.24, 2.45) is 0 Å². The van der Waals surface area contributed by atoms with Crippen molar-refractivity contribution in [1.29, 1.82) is 5.26 Å². The van der Waals surface area contributed by atoms with E-state index in [9.17, 15) is 13.6 Å². The van der Waals surface area contributed by atoms with Crippen molar-refractivity contribution in [3.63, 3.8) is 0 Å². The lowest BCUT2D eigenvalue weighted by atomic mass is 10.1. The maximum absolute atomic E-state index is 13.3. The average molecular weight is 238 g/mol. The second kappa shape index (κ2) is 5.94. The van der Waals surface area contributed by atoms with Gasteiger partial charge in [0.2, 0.25) is 5.91 Å². The van der Waals surface area contributed by atoms with E-state index in [1.165, 1.54) is 24.1 Å². The molecule has 0 bridgehead atoms. The smallest absolute Gasteiger partial charge is 0.226 e. The molecule has 0 aliphatic rings. The topological polar surface area (TPSA) is 44.1 Å². The molecule has 5 heteroatoms. The third-order valence-electron chi connectivity index (χ3n) is 2.36. The number of carbonyl (C=O) groups excluding carboxylic acids is 1. The van der Waals surface area contributed by atoms with Crippen LogP contribution in [-0.2, 0) is 11.2 Å². The van der Waals surface area contributed by atoms with E-state index >= 15 is 0 Å². The minimum atomic E-state index is -0.991. The summed E-state index contributed by atoms with van der Waals surface area (Å²) < 4.78 is 26.2. The number of benzene rings is 1. The number of hydrogen-bond donors (Lipinski definition) is 0. The van der Waals surface area contributed by atoms with Gasteiger partial charge in [-0.25, -0.2) is 8.78 Å². The number of carbonyl (C=O) groups is 1. The highest BCUT2D eigenvalue weighted by Crippen LogP contribution is 2.12. The predicted molar refractivity (Wildman–Crippen MR) is 57.9 cm³/mol. The minimum absolute atomic E-state index is 0.0267. The summed E-state index contributed by atoms with van der Waals surface area (Å²) in [7, 11) is 1.52. The first-order valence-electron chi connectivity index (χ1n) is 5.10. The number of nitriles is 1. The second-order valence-electron chi connectivity index (χ2n) is 3.61. The Balaban J connectivity index is 2.68. The number of nitrogens with zero attached hydrogens (tertiary/aromatic N) is 2. The zero-order valence-electron chi connectivity index (χ0n) is 9.41. The van der Waals surface area contributed by atoms with E-state index in [4.69, 9.17) is 5.26 Å². The molecule has 0 saturated heterocycles. The van der Waals surface area contributed by atoms with Gasteiger partial charge < -0.3 is 4.90 Å². The third kappa shape index (κ3) is 3.52. The van der Waals surface area contributed by atoms with Crippen molar-refractivity contribution < 1.29 is 13.6 Å². The molecule has 0 N–H and O–H groups in total. The van der Waals surface area contributed by atoms with Crippen LogP contribution in [-0.4, -0.2) is 24.4 Å². The van der Waals surface area contributed by atoms with Crippen LogP contribution in [0.3, 0.4) is 0 Å². The van der Waals surface area contributed by atoms with Gasteiger partial charge in [0.15, 0.2) is 11.6 Å². The van der Waals surface area contributed by atoms with E-state index in [0.29, 0.717) is 0 Å². The minimum Gasteiger partial charge on any atom is -0.344 e. The summed E-state index contributed by atoms with van der Waals surface area (Å²) in [5.41, 5.74) is 0.0267.